The highest BCUT2D eigenvalue weighted by atomic mass is 32.1. The lowest BCUT2D eigenvalue weighted by molar-refractivity contribution is 0.0500. The standard InChI is InChI=1S/C12H19N3O3S/c1-12(2,3)18-10(16)13-8-6-4-5-7(8)9-14-11(17)19-15-9/h7-8H,4-6H2,1-3H3,(H,13,16)(H,14,15,17)/t7-,8-/m0/s1. The van der Waals surface area contributed by atoms with Gasteiger partial charge < -0.3 is 10.1 Å². The maximum absolute atomic E-state index is 11.8. The van der Waals surface area contributed by atoms with Gasteiger partial charge in [0.25, 0.3) is 0 Å². The van der Waals surface area contributed by atoms with Gasteiger partial charge in [0.1, 0.15) is 11.4 Å². The predicted octanol–water partition coefficient (Wildman–Crippen LogP) is 1.99. The molecule has 19 heavy (non-hydrogen) atoms. The summed E-state index contributed by atoms with van der Waals surface area (Å²) in [6.07, 6.45) is 2.39. The van der Waals surface area contributed by atoms with E-state index in [1.807, 2.05) is 20.8 Å². The Kier molecular flexibility index (Phi) is 3.93. The average Bonchev–Trinajstić information content (AvgIpc) is 2.83. The third kappa shape index (κ3) is 3.79. The quantitative estimate of drug-likeness (QED) is 0.870. The molecule has 0 unspecified atom stereocenters. The van der Waals surface area contributed by atoms with Crippen LogP contribution in [0.15, 0.2) is 4.79 Å². The molecule has 1 aromatic heterocycles. The number of hydrogen-bond acceptors (Lipinski definition) is 5. The normalized spacial score (nSPS) is 23.3. The molecule has 1 aliphatic carbocycles. The minimum atomic E-state index is -0.507. The molecule has 1 amide bonds. The first kappa shape index (κ1) is 14.0. The van der Waals surface area contributed by atoms with Crippen molar-refractivity contribution >= 4 is 17.6 Å². The highest BCUT2D eigenvalue weighted by Crippen LogP contribution is 2.32. The number of amides is 1. The van der Waals surface area contributed by atoms with E-state index in [1.54, 1.807) is 0 Å². The molecule has 1 aromatic rings. The van der Waals surface area contributed by atoms with Crippen LogP contribution < -0.4 is 10.2 Å². The lowest BCUT2D eigenvalue weighted by Gasteiger charge is -2.23. The van der Waals surface area contributed by atoms with E-state index in [2.05, 4.69) is 14.7 Å². The van der Waals surface area contributed by atoms with Crippen LogP contribution in [-0.2, 0) is 4.74 Å². The Morgan fingerprint density at radius 2 is 2.21 bits per heavy atom. The molecule has 0 radical (unpaired) electrons. The van der Waals surface area contributed by atoms with Gasteiger partial charge in [0.15, 0.2) is 0 Å². The zero-order valence-electron chi connectivity index (χ0n) is 11.4. The molecular weight excluding hydrogens is 266 g/mol. The number of carbonyl (C=O) groups excluding carboxylic acids is 1. The minimum Gasteiger partial charge on any atom is -0.444 e. The summed E-state index contributed by atoms with van der Waals surface area (Å²) in [6.45, 7) is 5.49. The van der Waals surface area contributed by atoms with Crippen molar-refractivity contribution in [1.82, 2.24) is 14.7 Å². The van der Waals surface area contributed by atoms with Crippen LogP contribution >= 0.6 is 11.5 Å². The van der Waals surface area contributed by atoms with Gasteiger partial charge in [-0.1, -0.05) is 6.42 Å². The second kappa shape index (κ2) is 5.32. The van der Waals surface area contributed by atoms with Crippen LogP contribution in [-0.4, -0.2) is 27.1 Å². The fourth-order valence-corrected chi connectivity index (χ4v) is 2.83. The number of aromatic amines is 1. The van der Waals surface area contributed by atoms with Gasteiger partial charge in [0.05, 0.1) is 0 Å². The average molecular weight is 285 g/mol. The van der Waals surface area contributed by atoms with Crippen molar-refractivity contribution in [2.45, 2.75) is 57.6 Å². The van der Waals surface area contributed by atoms with Crippen molar-refractivity contribution in [2.24, 2.45) is 0 Å². The van der Waals surface area contributed by atoms with Crippen LogP contribution in [0.25, 0.3) is 0 Å². The van der Waals surface area contributed by atoms with Crippen LogP contribution in [0.4, 0.5) is 4.79 Å². The third-order valence-electron chi connectivity index (χ3n) is 3.03. The van der Waals surface area contributed by atoms with Gasteiger partial charge >= 0.3 is 11.0 Å². The SMILES string of the molecule is CC(C)(C)OC(=O)N[C@H]1CCC[C@@H]1c1nsc(=O)[nH]1. The maximum atomic E-state index is 11.8. The molecule has 1 aliphatic rings. The summed E-state index contributed by atoms with van der Waals surface area (Å²) in [5.74, 6) is 0.750. The number of aromatic nitrogens is 2. The molecular formula is C12H19N3O3S. The van der Waals surface area contributed by atoms with E-state index in [0.29, 0.717) is 5.82 Å². The zero-order chi connectivity index (χ0) is 14.0. The number of rotatable bonds is 2. The Hall–Kier alpha value is -1.37. The van der Waals surface area contributed by atoms with Gasteiger partial charge in [-0.2, -0.15) is 4.37 Å². The van der Waals surface area contributed by atoms with Gasteiger partial charge in [-0.15, -0.1) is 0 Å². The van der Waals surface area contributed by atoms with E-state index < -0.39 is 11.7 Å². The van der Waals surface area contributed by atoms with Crippen molar-refractivity contribution in [2.75, 3.05) is 0 Å². The summed E-state index contributed by atoms with van der Waals surface area (Å²) >= 11 is 0.917. The largest absolute Gasteiger partial charge is 0.444 e. The number of hydrogen-bond donors (Lipinski definition) is 2. The van der Waals surface area contributed by atoms with Gasteiger partial charge in [-0.25, -0.2) is 4.79 Å². The number of ether oxygens (including phenoxy) is 1. The van der Waals surface area contributed by atoms with Crippen LogP contribution in [0.1, 0.15) is 51.8 Å². The van der Waals surface area contributed by atoms with E-state index in [0.717, 1.165) is 30.8 Å². The Labute approximate surface area is 115 Å². The topological polar surface area (TPSA) is 84.1 Å². The molecule has 1 fully saturated rings. The lowest BCUT2D eigenvalue weighted by Crippen LogP contribution is -2.40. The smallest absolute Gasteiger partial charge is 0.407 e. The Balaban J connectivity index is 2.00. The molecule has 0 spiro atoms. The second-order valence-corrected chi connectivity index (χ2v) is 6.51. The van der Waals surface area contributed by atoms with Crippen molar-refractivity contribution in [1.29, 1.82) is 0 Å². The fraction of sp³-hybridized carbons (Fsp3) is 0.750. The van der Waals surface area contributed by atoms with Crippen molar-refractivity contribution in [3.63, 3.8) is 0 Å². The predicted molar refractivity (Wildman–Crippen MR) is 72.5 cm³/mol. The summed E-state index contributed by atoms with van der Waals surface area (Å²) in [4.78, 5) is 25.5. The Morgan fingerprint density at radius 3 is 2.79 bits per heavy atom. The monoisotopic (exact) mass is 285 g/mol. The summed E-state index contributed by atoms with van der Waals surface area (Å²) < 4.78 is 9.36. The van der Waals surface area contributed by atoms with E-state index in [9.17, 15) is 9.59 Å². The first-order chi connectivity index (χ1) is 8.85. The van der Waals surface area contributed by atoms with E-state index in [1.165, 1.54) is 0 Å². The molecule has 1 heterocycles. The number of carbonyl (C=O) groups is 1. The molecule has 1 saturated carbocycles. The first-order valence-electron chi connectivity index (χ1n) is 6.40. The molecule has 6 nitrogen and oxygen atoms in total. The van der Waals surface area contributed by atoms with E-state index >= 15 is 0 Å². The summed E-state index contributed by atoms with van der Waals surface area (Å²) in [7, 11) is 0. The van der Waals surface area contributed by atoms with Crippen LogP contribution in [0, 0.1) is 0 Å². The summed E-state index contributed by atoms with van der Waals surface area (Å²) in [5.41, 5.74) is -0.507. The zero-order valence-corrected chi connectivity index (χ0v) is 12.2. The number of nitrogens with one attached hydrogen (secondary N) is 2. The molecule has 0 saturated heterocycles. The second-order valence-electron chi connectivity index (χ2n) is 5.77. The highest BCUT2D eigenvalue weighted by Gasteiger charge is 2.33. The Morgan fingerprint density at radius 1 is 1.47 bits per heavy atom. The van der Waals surface area contributed by atoms with E-state index in [-0.39, 0.29) is 16.8 Å². The van der Waals surface area contributed by atoms with Gasteiger partial charge in [-0.3, -0.25) is 9.78 Å². The molecule has 0 aliphatic heterocycles. The molecule has 2 N–H and O–H groups in total. The van der Waals surface area contributed by atoms with Crippen LogP contribution in [0.3, 0.4) is 0 Å². The number of alkyl carbamates (subject to hydrolysis) is 1. The van der Waals surface area contributed by atoms with Crippen molar-refractivity contribution in [3.05, 3.63) is 15.5 Å². The molecule has 2 rings (SSSR count). The van der Waals surface area contributed by atoms with Crippen LogP contribution in [0.5, 0.6) is 0 Å². The molecule has 0 aromatic carbocycles. The third-order valence-corrected chi connectivity index (χ3v) is 3.58. The summed E-state index contributed by atoms with van der Waals surface area (Å²) in [5, 5.41) is 2.87. The van der Waals surface area contributed by atoms with Gasteiger partial charge in [0.2, 0.25) is 0 Å². The Bertz CT molecular complexity index is 503. The van der Waals surface area contributed by atoms with Gasteiger partial charge in [-0.05, 0) is 33.6 Å². The van der Waals surface area contributed by atoms with Crippen molar-refractivity contribution < 1.29 is 9.53 Å². The lowest BCUT2D eigenvalue weighted by atomic mass is 10.0. The number of nitrogens with zero attached hydrogens (tertiary/aromatic N) is 1. The summed E-state index contributed by atoms with van der Waals surface area (Å²) in [6, 6.07) is -0.0207. The fourth-order valence-electron chi connectivity index (χ4n) is 2.32. The molecule has 7 heteroatoms. The molecule has 0 bridgehead atoms. The van der Waals surface area contributed by atoms with Gasteiger partial charge in [0, 0.05) is 23.5 Å². The van der Waals surface area contributed by atoms with E-state index in [4.69, 9.17) is 4.74 Å². The molecule has 106 valence electrons. The first-order valence-corrected chi connectivity index (χ1v) is 7.18. The maximum Gasteiger partial charge on any atom is 0.407 e. The minimum absolute atomic E-state index is 0.0207. The molecule has 2 atom stereocenters. The van der Waals surface area contributed by atoms with Crippen molar-refractivity contribution in [3.8, 4) is 0 Å². The van der Waals surface area contributed by atoms with Crippen LogP contribution in [0.2, 0.25) is 0 Å². The number of H-pyrrole nitrogens is 1. The highest BCUT2D eigenvalue weighted by molar-refractivity contribution is 7.02.